The number of carbonyl (C=O) groups is 3. The van der Waals surface area contributed by atoms with Crippen molar-refractivity contribution < 1.29 is 24.2 Å². The molecule has 1 heterocycles. The van der Waals surface area contributed by atoms with Gasteiger partial charge in [0.1, 0.15) is 12.1 Å². The van der Waals surface area contributed by atoms with Gasteiger partial charge in [-0.3, -0.25) is 14.9 Å². The second-order valence-electron chi connectivity index (χ2n) is 7.43. The van der Waals surface area contributed by atoms with Crippen molar-refractivity contribution in [2.45, 2.75) is 89.9 Å². The van der Waals surface area contributed by atoms with Crippen molar-refractivity contribution in [1.82, 2.24) is 10.2 Å². The number of hydrogen-bond acceptors (Lipinski definition) is 5. The van der Waals surface area contributed by atoms with Crippen LogP contribution in [0.4, 0.5) is 0 Å². The zero-order chi connectivity index (χ0) is 19.3. The zero-order valence-electron chi connectivity index (χ0n) is 16.1. The number of esters is 1. The molecule has 2 aliphatic rings. The van der Waals surface area contributed by atoms with Crippen LogP contribution in [0.15, 0.2) is 0 Å². The maximum absolute atomic E-state index is 13.1. The predicted molar refractivity (Wildman–Crippen MR) is 104 cm³/mol. The summed E-state index contributed by atoms with van der Waals surface area (Å²) in [5.74, 6) is -1.24. The Balaban J connectivity index is 0.00000364. The Labute approximate surface area is 183 Å². The van der Waals surface area contributed by atoms with E-state index in [2.05, 4.69) is 5.32 Å². The molecule has 0 radical (unpaired) electrons. The van der Waals surface area contributed by atoms with Gasteiger partial charge in [-0.1, -0.05) is 26.2 Å². The van der Waals surface area contributed by atoms with Gasteiger partial charge in [-0.05, 0) is 45.4 Å². The summed E-state index contributed by atoms with van der Waals surface area (Å²) in [5, 5.41) is 12.7. The van der Waals surface area contributed by atoms with E-state index < -0.39 is 24.1 Å². The Bertz CT molecular complexity index is 530. The summed E-state index contributed by atoms with van der Waals surface area (Å²) in [6.07, 6.45) is 5.87. The van der Waals surface area contributed by atoms with Crippen LogP contribution in [0.1, 0.15) is 65.7 Å². The molecular formula is C19H33N2NaO5. The number of fused-ring (bicyclic) bond motifs is 1. The molecule has 8 heteroatoms. The van der Waals surface area contributed by atoms with Crippen LogP contribution in [0.25, 0.3) is 0 Å². The van der Waals surface area contributed by atoms with Crippen LogP contribution in [0.2, 0.25) is 0 Å². The van der Waals surface area contributed by atoms with Gasteiger partial charge in [0.05, 0.1) is 12.6 Å². The van der Waals surface area contributed by atoms with Gasteiger partial charge in [0.15, 0.2) is 0 Å². The fourth-order valence-electron chi connectivity index (χ4n) is 4.39. The number of hydrogen-bond donors (Lipinski definition) is 2. The molecule has 2 rings (SSSR count). The molecule has 0 aromatic heterocycles. The topological polar surface area (TPSA) is 95.9 Å². The van der Waals surface area contributed by atoms with E-state index in [-0.39, 0.29) is 53.4 Å². The SMILES string of the molecule is CCC[C@H](N[C@@H](C)C(=O)N1[C@H](C(=O)O)C[C@@H]2CCCC[C@@H]21)C(=O)OCC.[NaH]. The van der Waals surface area contributed by atoms with Crippen molar-refractivity contribution in [3.8, 4) is 0 Å². The van der Waals surface area contributed by atoms with E-state index in [0.29, 0.717) is 19.4 Å². The average Bonchev–Trinajstić information content (AvgIpc) is 3.00. The van der Waals surface area contributed by atoms with Crippen molar-refractivity contribution >= 4 is 47.4 Å². The quantitative estimate of drug-likeness (QED) is 0.477. The molecule has 150 valence electrons. The second-order valence-corrected chi connectivity index (χ2v) is 7.43. The molecule has 0 aromatic rings. The number of likely N-dealkylation sites (tertiary alicyclic amines) is 1. The first-order valence-electron chi connectivity index (χ1n) is 9.88. The first-order chi connectivity index (χ1) is 12.4. The summed E-state index contributed by atoms with van der Waals surface area (Å²) in [6.45, 7) is 5.72. The standard InChI is InChI=1S/C19H32N2O5.Na.H/c1-4-8-14(19(25)26-5-2)20-12(3)17(22)21-15-10-7-6-9-13(15)11-16(21)18(23)24;;/h12-16,20H,4-11H2,1-3H3,(H,23,24);;/t12-,13-,14-,15-,16-;;/m0../s1. The molecule has 2 N–H and O–H groups in total. The van der Waals surface area contributed by atoms with Crippen molar-refractivity contribution in [2.75, 3.05) is 6.61 Å². The van der Waals surface area contributed by atoms with Crippen LogP contribution < -0.4 is 5.32 Å². The van der Waals surface area contributed by atoms with Gasteiger partial charge < -0.3 is 14.7 Å². The Morgan fingerprint density at radius 2 is 1.89 bits per heavy atom. The van der Waals surface area contributed by atoms with Gasteiger partial charge in [0.2, 0.25) is 5.91 Å². The molecule has 1 amide bonds. The van der Waals surface area contributed by atoms with Crippen molar-refractivity contribution in [2.24, 2.45) is 5.92 Å². The van der Waals surface area contributed by atoms with Gasteiger partial charge in [-0.2, -0.15) is 0 Å². The van der Waals surface area contributed by atoms with Gasteiger partial charge in [-0.25, -0.2) is 4.79 Å². The number of ether oxygens (including phenoxy) is 1. The second kappa shape index (κ2) is 11.4. The van der Waals surface area contributed by atoms with Crippen LogP contribution in [0.5, 0.6) is 0 Å². The molecule has 1 aliphatic carbocycles. The van der Waals surface area contributed by atoms with Crippen LogP contribution in [0.3, 0.4) is 0 Å². The summed E-state index contributed by atoms with van der Waals surface area (Å²) in [6, 6.07) is -1.92. The van der Waals surface area contributed by atoms with Gasteiger partial charge in [-0.15, -0.1) is 0 Å². The van der Waals surface area contributed by atoms with Crippen molar-refractivity contribution in [3.63, 3.8) is 0 Å². The molecule has 0 unspecified atom stereocenters. The molecule has 0 aromatic carbocycles. The van der Waals surface area contributed by atoms with E-state index >= 15 is 0 Å². The van der Waals surface area contributed by atoms with Gasteiger partial charge in [0, 0.05) is 6.04 Å². The van der Waals surface area contributed by atoms with Crippen LogP contribution in [0, 0.1) is 5.92 Å². The van der Waals surface area contributed by atoms with Crippen molar-refractivity contribution in [3.05, 3.63) is 0 Å². The Kier molecular flexibility index (Phi) is 10.3. The summed E-state index contributed by atoms with van der Waals surface area (Å²) >= 11 is 0. The molecule has 7 nitrogen and oxygen atoms in total. The number of carboxylic acids is 1. The average molecular weight is 392 g/mol. The molecule has 5 atom stereocenters. The molecular weight excluding hydrogens is 359 g/mol. The summed E-state index contributed by atoms with van der Waals surface area (Å²) in [7, 11) is 0. The predicted octanol–water partition coefficient (Wildman–Crippen LogP) is 1.29. The van der Waals surface area contributed by atoms with E-state index in [1.807, 2.05) is 6.92 Å². The molecule has 1 saturated heterocycles. The summed E-state index contributed by atoms with van der Waals surface area (Å²) in [4.78, 5) is 38.5. The minimum absolute atomic E-state index is 0. The number of amides is 1. The Morgan fingerprint density at radius 3 is 2.48 bits per heavy atom. The van der Waals surface area contributed by atoms with E-state index in [1.165, 1.54) is 0 Å². The molecule has 1 saturated carbocycles. The normalized spacial score (nSPS) is 26.5. The van der Waals surface area contributed by atoms with Crippen LogP contribution in [-0.4, -0.2) is 88.2 Å². The van der Waals surface area contributed by atoms with E-state index in [0.717, 1.165) is 32.1 Å². The number of nitrogens with zero attached hydrogens (tertiary/aromatic N) is 1. The molecule has 27 heavy (non-hydrogen) atoms. The molecule has 0 bridgehead atoms. The third kappa shape index (κ3) is 5.92. The third-order valence-electron chi connectivity index (χ3n) is 5.60. The molecule has 2 fully saturated rings. The van der Waals surface area contributed by atoms with Crippen molar-refractivity contribution in [1.29, 1.82) is 0 Å². The Morgan fingerprint density at radius 1 is 1.22 bits per heavy atom. The maximum atomic E-state index is 13.1. The van der Waals surface area contributed by atoms with E-state index in [1.54, 1.807) is 18.7 Å². The fraction of sp³-hybridized carbons (Fsp3) is 0.842. The number of carboxylic acid groups (broad SMARTS) is 1. The zero-order valence-corrected chi connectivity index (χ0v) is 16.1. The van der Waals surface area contributed by atoms with E-state index in [9.17, 15) is 19.5 Å². The van der Waals surface area contributed by atoms with Crippen LogP contribution >= 0.6 is 0 Å². The van der Waals surface area contributed by atoms with Gasteiger partial charge >= 0.3 is 41.5 Å². The molecule has 0 spiro atoms. The minimum atomic E-state index is -0.935. The monoisotopic (exact) mass is 392 g/mol. The Hall–Kier alpha value is -0.630. The number of aliphatic carboxylic acids is 1. The summed E-state index contributed by atoms with van der Waals surface area (Å²) < 4.78 is 5.09. The number of carbonyl (C=O) groups excluding carboxylic acids is 2. The fourth-order valence-corrected chi connectivity index (χ4v) is 4.39. The van der Waals surface area contributed by atoms with Crippen LogP contribution in [-0.2, 0) is 19.1 Å². The third-order valence-corrected chi connectivity index (χ3v) is 5.60. The van der Waals surface area contributed by atoms with Gasteiger partial charge in [0.25, 0.3) is 0 Å². The number of nitrogens with one attached hydrogen (secondary N) is 1. The summed E-state index contributed by atoms with van der Waals surface area (Å²) in [5.41, 5.74) is 0. The first-order valence-corrected chi connectivity index (χ1v) is 9.88. The number of rotatable bonds is 8. The van der Waals surface area contributed by atoms with E-state index in [4.69, 9.17) is 4.74 Å². The first kappa shape index (κ1) is 24.4. The molecule has 1 aliphatic heterocycles.